The maximum absolute atomic E-state index is 12.5. The van der Waals surface area contributed by atoms with E-state index in [9.17, 15) is 13.2 Å². The largest absolute Gasteiger partial charge is 0.455 e. The number of carbonyl (C=O) groups excluding carboxylic acids is 1. The molecule has 0 aromatic carbocycles. The molecular weight excluding hydrogens is 294 g/mol. The Bertz CT molecular complexity index is 638. The van der Waals surface area contributed by atoms with Crippen molar-refractivity contribution in [3.8, 4) is 0 Å². The van der Waals surface area contributed by atoms with Crippen molar-refractivity contribution >= 4 is 15.9 Å². The molecule has 1 fully saturated rings. The third-order valence-electron chi connectivity index (χ3n) is 4.01. The highest BCUT2D eigenvalue weighted by Crippen LogP contribution is 2.26. The number of aryl methyl sites for hydroxylation is 1. The van der Waals surface area contributed by atoms with Crippen LogP contribution in [0.1, 0.15) is 36.1 Å². The van der Waals surface area contributed by atoms with Gasteiger partial charge in [-0.1, -0.05) is 6.92 Å². The third-order valence-corrected chi connectivity index (χ3v) is 5.03. The van der Waals surface area contributed by atoms with Crippen molar-refractivity contribution in [2.24, 2.45) is 16.8 Å². The number of nitrogens with two attached hydrogens (primary N) is 2. The van der Waals surface area contributed by atoms with Crippen molar-refractivity contribution in [2.45, 2.75) is 37.6 Å². The average molecular weight is 315 g/mol. The molecule has 0 saturated carbocycles. The van der Waals surface area contributed by atoms with E-state index in [1.54, 1.807) is 4.90 Å². The predicted octanol–water partition coefficient (Wildman–Crippen LogP) is 0.435. The van der Waals surface area contributed by atoms with Crippen LogP contribution in [0.5, 0.6) is 0 Å². The number of nitrogens with zero attached hydrogens (tertiary/aromatic N) is 1. The molecule has 0 spiro atoms. The fourth-order valence-corrected chi connectivity index (χ4v) is 3.57. The second-order valence-electron chi connectivity index (χ2n) is 5.50. The Morgan fingerprint density at radius 2 is 2.19 bits per heavy atom. The number of carbonyl (C=O) groups is 1. The monoisotopic (exact) mass is 315 g/mol. The molecule has 7 nitrogen and oxygen atoms in total. The highest BCUT2D eigenvalue weighted by molar-refractivity contribution is 7.89. The van der Waals surface area contributed by atoms with Crippen LogP contribution >= 0.6 is 0 Å². The molecule has 1 aliphatic rings. The van der Waals surface area contributed by atoms with Crippen LogP contribution in [0, 0.1) is 12.8 Å². The summed E-state index contributed by atoms with van der Waals surface area (Å²) in [4.78, 5) is 14.1. The van der Waals surface area contributed by atoms with Crippen molar-refractivity contribution < 1.29 is 17.6 Å². The van der Waals surface area contributed by atoms with Gasteiger partial charge in [-0.15, -0.1) is 0 Å². The first-order valence-corrected chi connectivity index (χ1v) is 8.44. The first kappa shape index (κ1) is 16.0. The molecular formula is C13H21N3O4S. The molecule has 21 heavy (non-hydrogen) atoms. The van der Waals surface area contributed by atoms with Gasteiger partial charge in [0.2, 0.25) is 10.0 Å². The van der Waals surface area contributed by atoms with Gasteiger partial charge in [0.25, 0.3) is 5.91 Å². The Morgan fingerprint density at radius 3 is 2.71 bits per heavy atom. The minimum absolute atomic E-state index is 0.0101. The maximum Gasteiger partial charge on any atom is 0.289 e. The normalized spacial score (nSPS) is 23.3. The lowest BCUT2D eigenvalue weighted by atomic mass is 9.90. The summed E-state index contributed by atoms with van der Waals surface area (Å²) in [5.74, 6) is 0.0794. The van der Waals surface area contributed by atoms with E-state index in [1.807, 2.05) is 0 Å². The minimum Gasteiger partial charge on any atom is -0.455 e. The van der Waals surface area contributed by atoms with E-state index in [1.165, 1.54) is 13.0 Å². The standard InChI is InChI=1S/C13H21N3O4S/c1-8-4-3-5-16(10(8)7-14)13(17)11-6-12(9(2)20-11)21(15,18)19/h6,8,10H,3-5,7,14H2,1-2H3,(H2,15,18,19)/t8-,10+/m1/s1. The van der Waals surface area contributed by atoms with Crippen LogP contribution < -0.4 is 10.9 Å². The molecule has 1 aromatic rings. The smallest absolute Gasteiger partial charge is 0.289 e. The van der Waals surface area contributed by atoms with Gasteiger partial charge in [-0.3, -0.25) is 4.79 Å². The van der Waals surface area contributed by atoms with E-state index in [4.69, 9.17) is 15.3 Å². The summed E-state index contributed by atoms with van der Waals surface area (Å²) >= 11 is 0. The molecule has 0 aliphatic carbocycles. The van der Waals surface area contributed by atoms with E-state index < -0.39 is 10.0 Å². The molecule has 0 bridgehead atoms. The van der Waals surface area contributed by atoms with Gasteiger partial charge in [-0.25, -0.2) is 13.6 Å². The summed E-state index contributed by atoms with van der Waals surface area (Å²) in [6.07, 6.45) is 1.91. The van der Waals surface area contributed by atoms with Gasteiger partial charge in [0, 0.05) is 25.2 Å². The van der Waals surface area contributed by atoms with E-state index in [-0.39, 0.29) is 28.4 Å². The summed E-state index contributed by atoms with van der Waals surface area (Å²) in [7, 11) is -3.90. The Balaban J connectivity index is 2.32. The number of hydrogen-bond acceptors (Lipinski definition) is 5. The van der Waals surface area contributed by atoms with Crippen molar-refractivity contribution in [1.82, 2.24) is 4.90 Å². The van der Waals surface area contributed by atoms with Gasteiger partial charge in [-0.05, 0) is 25.7 Å². The quantitative estimate of drug-likeness (QED) is 0.838. The van der Waals surface area contributed by atoms with Gasteiger partial charge in [0.15, 0.2) is 5.76 Å². The number of amides is 1. The Morgan fingerprint density at radius 1 is 1.52 bits per heavy atom. The lowest BCUT2D eigenvalue weighted by Gasteiger charge is -2.38. The Labute approximate surface area is 124 Å². The van der Waals surface area contributed by atoms with Gasteiger partial charge in [0.1, 0.15) is 10.7 Å². The van der Waals surface area contributed by atoms with Crippen LogP contribution in [0.15, 0.2) is 15.4 Å². The molecule has 2 heterocycles. The Hall–Kier alpha value is -1.38. The van der Waals surface area contributed by atoms with Crippen LogP contribution in [0.4, 0.5) is 0 Å². The van der Waals surface area contributed by atoms with Crippen LogP contribution in [0.25, 0.3) is 0 Å². The lowest BCUT2D eigenvalue weighted by molar-refractivity contribution is 0.0500. The number of sulfonamides is 1. The average Bonchev–Trinajstić information content (AvgIpc) is 2.79. The summed E-state index contributed by atoms with van der Waals surface area (Å²) in [5.41, 5.74) is 5.76. The predicted molar refractivity (Wildman–Crippen MR) is 77.1 cm³/mol. The Kier molecular flexibility index (Phi) is 4.40. The zero-order valence-corrected chi connectivity index (χ0v) is 13.0. The molecule has 1 saturated heterocycles. The van der Waals surface area contributed by atoms with Gasteiger partial charge in [0.05, 0.1) is 0 Å². The van der Waals surface area contributed by atoms with E-state index in [2.05, 4.69) is 6.92 Å². The number of rotatable bonds is 3. The van der Waals surface area contributed by atoms with Crippen molar-refractivity contribution in [2.75, 3.05) is 13.1 Å². The molecule has 2 atom stereocenters. The van der Waals surface area contributed by atoms with Crippen LogP contribution in [-0.2, 0) is 10.0 Å². The third kappa shape index (κ3) is 3.12. The molecule has 1 aromatic heterocycles. The number of primary sulfonamides is 1. The highest BCUT2D eigenvalue weighted by Gasteiger charge is 2.33. The topological polar surface area (TPSA) is 120 Å². The van der Waals surface area contributed by atoms with Crippen molar-refractivity contribution in [3.63, 3.8) is 0 Å². The molecule has 0 radical (unpaired) electrons. The summed E-state index contributed by atoms with van der Waals surface area (Å²) in [6, 6.07) is 1.13. The molecule has 2 rings (SSSR count). The van der Waals surface area contributed by atoms with Crippen LogP contribution in [0.2, 0.25) is 0 Å². The minimum atomic E-state index is -3.90. The summed E-state index contributed by atoms with van der Waals surface area (Å²) in [5, 5.41) is 5.09. The van der Waals surface area contributed by atoms with Crippen LogP contribution in [-0.4, -0.2) is 38.4 Å². The lowest BCUT2D eigenvalue weighted by Crippen LogP contribution is -2.51. The molecule has 1 amide bonds. The van der Waals surface area contributed by atoms with Gasteiger partial charge < -0.3 is 15.1 Å². The SMILES string of the molecule is Cc1oc(C(=O)N2CCC[C@@H](C)[C@@H]2CN)cc1S(N)(=O)=O. The van der Waals surface area contributed by atoms with Gasteiger partial charge >= 0.3 is 0 Å². The van der Waals surface area contributed by atoms with Crippen LogP contribution in [0.3, 0.4) is 0 Å². The molecule has 4 N–H and O–H groups in total. The van der Waals surface area contributed by atoms with Gasteiger partial charge in [-0.2, -0.15) is 0 Å². The number of piperidine rings is 1. The fraction of sp³-hybridized carbons (Fsp3) is 0.615. The molecule has 1 aliphatic heterocycles. The highest BCUT2D eigenvalue weighted by atomic mass is 32.2. The number of likely N-dealkylation sites (tertiary alicyclic amines) is 1. The maximum atomic E-state index is 12.5. The summed E-state index contributed by atoms with van der Waals surface area (Å²) < 4.78 is 28.1. The zero-order valence-electron chi connectivity index (χ0n) is 12.2. The first-order chi connectivity index (χ1) is 9.75. The zero-order chi connectivity index (χ0) is 15.8. The number of hydrogen-bond donors (Lipinski definition) is 2. The molecule has 8 heteroatoms. The number of furan rings is 1. The summed E-state index contributed by atoms with van der Waals surface area (Å²) in [6.45, 7) is 4.49. The fourth-order valence-electron chi connectivity index (χ4n) is 2.86. The van der Waals surface area contributed by atoms with Crippen molar-refractivity contribution in [1.29, 1.82) is 0 Å². The van der Waals surface area contributed by atoms with E-state index in [0.29, 0.717) is 19.0 Å². The first-order valence-electron chi connectivity index (χ1n) is 6.90. The second kappa shape index (κ2) is 5.78. The second-order valence-corrected chi connectivity index (χ2v) is 7.03. The van der Waals surface area contributed by atoms with E-state index >= 15 is 0 Å². The molecule has 118 valence electrons. The molecule has 0 unspecified atom stereocenters. The van der Waals surface area contributed by atoms with Crippen molar-refractivity contribution in [3.05, 3.63) is 17.6 Å². The van der Waals surface area contributed by atoms with E-state index in [0.717, 1.165) is 12.8 Å².